The normalized spacial score (nSPS) is 11.8. The van der Waals surface area contributed by atoms with Crippen LogP contribution in [-0.4, -0.2) is 41.2 Å². The van der Waals surface area contributed by atoms with Gasteiger partial charge in [-0.15, -0.1) is 11.3 Å². The minimum Gasteiger partial charge on any atom is -0.497 e. The summed E-state index contributed by atoms with van der Waals surface area (Å²) in [6.45, 7) is 2.12. The third-order valence-electron chi connectivity index (χ3n) is 3.92. The van der Waals surface area contributed by atoms with Crippen LogP contribution in [0.5, 0.6) is 11.5 Å². The molecule has 142 valence electrons. The monoisotopic (exact) mass is 387 g/mol. The molecule has 0 fully saturated rings. The van der Waals surface area contributed by atoms with E-state index in [1.165, 1.54) is 16.2 Å². The fraction of sp³-hybridized carbons (Fsp3) is 0.316. The lowest BCUT2D eigenvalue weighted by Gasteiger charge is -2.22. The summed E-state index contributed by atoms with van der Waals surface area (Å²) in [7, 11) is 3.28. The van der Waals surface area contributed by atoms with Crippen LogP contribution in [0.25, 0.3) is 10.7 Å². The lowest BCUT2D eigenvalue weighted by atomic mass is 10.2. The summed E-state index contributed by atoms with van der Waals surface area (Å²) in [5.41, 5.74) is 0. The van der Waals surface area contributed by atoms with Gasteiger partial charge < -0.3 is 18.9 Å². The van der Waals surface area contributed by atoms with Gasteiger partial charge in [-0.1, -0.05) is 24.2 Å². The molecule has 2 aromatic heterocycles. The molecular weight excluding hydrogens is 366 g/mol. The van der Waals surface area contributed by atoms with Gasteiger partial charge in [0.15, 0.2) is 6.10 Å². The van der Waals surface area contributed by atoms with Crippen molar-refractivity contribution in [1.29, 1.82) is 0 Å². The number of carbonyl (C=O) groups excluding carboxylic acids is 1. The SMILES string of the molecule is CC[C@H](Oc1cccc(OC)c1)C(=O)N(C)Cc1nc(-c2cccs2)no1. The summed E-state index contributed by atoms with van der Waals surface area (Å²) in [6, 6.07) is 11.0. The van der Waals surface area contributed by atoms with Crippen LogP contribution in [-0.2, 0) is 11.3 Å². The highest BCUT2D eigenvalue weighted by atomic mass is 32.1. The number of hydrogen-bond donors (Lipinski definition) is 0. The van der Waals surface area contributed by atoms with Gasteiger partial charge in [0, 0.05) is 13.1 Å². The summed E-state index contributed by atoms with van der Waals surface area (Å²) >= 11 is 1.53. The number of methoxy groups -OCH3 is 1. The highest BCUT2D eigenvalue weighted by molar-refractivity contribution is 7.13. The Bertz CT molecular complexity index is 879. The number of hydrogen-bond acceptors (Lipinski definition) is 7. The number of aromatic nitrogens is 2. The first-order chi connectivity index (χ1) is 13.1. The molecule has 0 radical (unpaired) electrons. The van der Waals surface area contributed by atoms with Crippen LogP contribution < -0.4 is 9.47 Å². The van der Waals surface area contributed by atoms with Gasteiger partial charge in [0.1, 0.15) is 11.5 Å². The Morgan fingerprint density at radius 2 is 2.11 bits per heavy atom. The Balaban J connectivity index is 1.64. The first-order valence-electron chi connectivity index (χ1n) is 8.53. The van der Waals surface area contributed by atoms with E-state index in [0.717, 1.165) is 4.88 Å². The number of benzene rings is 1. The van der Waals surface area contributed by atoms with Crippen LogP contribution in [0, 0.1) is 0 Å². The molecule has 2 heterocycles. The second-order valence-corrected chi connectivity index (χ2v) is 6.82. The van der Waals surface area contributed by atoms with Crippen molar-refractivity contribution in [2.24, 2.45) is 0 Å². The Labute approximate surface area is 161 Å². The minimum absolute atomic E-state index is 0.156. The molecule has 27 heavy (non-hydrogen) atoms. The number of ether oxygens (including phenoxy) is 2. The molecule has 0 aliphatic heterocycles. The van der Waals surface area contributed by atoms with Crippen molar-refractivity contribution in [2.75, 3.05) is 14.2 Å². The Hall–Kier alpha value is -2.87. The summed E-state index contributed by atoms with van der Waals surface area (Å²) in [6.07, 6.45) is -0.0770. The fourth-order valence-electron chi connectivity index (χ4n) is 2.50. The van der Waals surface area contributed by atoms with Crippen LogP contribution >= 0.6 is 11.3 Å². The van der Waals surface area contributed by atoms with Crippen molar-refractivity contribution in [3.63, 3.8) is 0 Å². The lowest BCUT2D eigenvalue weighted by molar-refractivity contribution is -0.138. The van der Waals surface area contributed by atoms with Gasteiger partial charge in [0.2, 0.25) is 11.7 Å². The van der Waals surface area contributed by atoms with E-state index in [4.69, 9.17) is 14.0 Å². The number of thiophene rings is 1. The van der Waals surface area contributed by atoms with Gasteiger partial charge >= 0.3 is 0 Å². The highest BCUT2D eigenvalue weighted by Crippen LogP contribution is 2.23. The maximum Gasteiger partial charge on any atom is 0.263 e. The molecule has 0 saturated carbocycles. The standard InChI is InChI=1S/C19H21N3O4S/c1-4-15(25-14-8-5-7-13(11-14)24-3)19(23)22(2)12-17-20-18(21-26-17)16-9-6-10-27-16/h5-11,15H,4,12H2,1-3H3/t15-/m0/s1. The minimum atomic E-state index is -0.609. The zero-order valence-electron chi connectivity index (χ0n) is 15.4. The molecule has 0 N–H and O–H groups in total. The Morgan fingerprint density at radius 1 is 1.30 bits per heavy atom. The van der Waals surface area contributed by atoms with Crippen LogP contribution in [0.15, 0.2) is 46.3 Å². The van der Waals surface area contributed by atoms with Crippen LogP contribution in [0.2, 0.25) is 0 Å². The average molecular weight is 387 g/mol. The van der Waals surface area contributed by atoms with Crippen LogP contribution in [0.3, 0.4) is 0 Å². The molecular formula is C19H21N3O4S. The summed E-state index contributed by atoms with van der Waals surface area (Å²) in [5, 5.41) is 5.91. The number of carbonyl (C=O) groups is 1. The van der Waals surface area contributed by atoms with Crippen molar-refractivity contribution >= 4 is 17.2 Å². The molecule has 0 spiro atoms. The summed E-state index contributed by atoms with van der Waals surface area (Å²) in [4.78, 5) is 19.6. The zero-order valence-corrected chi connectivity index (χ0v) is 16.2. The Kier molecular flexibility index (Phi) is 6.08. The first-order valence-corrected chi connectivity index (χ1v) is 9.40. The molecule has 1 amide bonds. The van der Waals surface area contributed by atoms with E-state index in [-0.39, 0.29) is 12.5 Å². The smallest absolute Gasteiger partial charge is 0.263 e. The molecule has 0 saturated heterocycles. The molecule has 0 aliphatic rings. The van der Waals surface area contributed by atoms with Crippen molar-refractivity contribution in [3.05, 3.63) is 47.7 Å². The van der Waals surface area contributed by atoms with Gasteiger partial charge in [-0.3, -0.25) is 4.79 Å². The average Bonchev–Trinajstić information content (AvgIpc) is 3.37. The highest BCUT2D eigenvalue weighted by Gasteiger charge is 2.24. The molecule has 0 aliphatic carbocycles. The van der Waals surface area contributed by atoms with Gasteiger partial charge in [0.05, 0.1) is 18.5 Å². The maximum atomic E-state index is 12.8. The summed E-state index contributed by atoms with van der Waals surface area (Å²) < 4.78 is 16.3. The topological polar surface area (TPSA) is 77.7 Å². The van der Waals surface area contributed by atoms with E-state index in [9.17, 15) is 4.79 Å². The van der Waals surface area contributed by atoms with Gasteiger partial charge in [-0.25, -0.2) is 0 Å². The Morgan fingerprint density at radius 3 is 2.81 bits per heavy atom. The molecule has 0 bridgehead atoms. The van der Waals surface area contributed by atoms with Gasteiger partial charge in [-0.2, -0.15) is 4.98 Å². The quantitative estimate of drug-likeness (QED) is 0.587. The molecule has 3 aromatic rings. The number of amides is 1. The number of nitrogens with zero attached hydrogens (tertiary/aromatic N) is 3. The second-order valence-electron chi connectivity index (χ2n) is 5.88. The van der Waals surface area contributed by atoms with E-state index in [1.807, 2.05) is 36.6 Å². The lowest BCUT2D eigenvalue weighted by Crippen LogP contribution is -2.39. The number of likely N-dealkylation sites (N-methyl/N-ethyl adjacent to an activating group) is 1. The third kappa shape index (κ3) is 4.65. The molecule has 3 rings (SSSR count). The van der Waals surface area contributed by atoms with E-state index in [2.05, 4.69) is 10.1 Å². The largest absolute Gasteiger partial charge is 0.497 e. The van der Waals surface area contributed by atoms with Crippen molar-refractivity contribution in [1.82, 2.24) is 15.0 Å². The number of rotatable bonds is 8. The molecule has 7 nitrogen and oxygen atoms in total. The first kappa shape index (κ1) is 18.9. The van der Waals surface area contributed by atoms with Crippen LogP contribution in [0.4, 0.5) is 0 Å². The fourth-order valence-corrected chi connectivity index (χ4v) is 3.15. The molecule has 0 unspecified atom stereocenters. The predicted octanol–water partition coefficient (Wildman–Crippen LogP) is 3.62. The van der Waals surface area contributed by atoms with Crippen molar-refractivity contribution in [2.45, 2.75) is 26.0 Å². The van der Waals surface area contributed by atoms with Gasteiger partial charge in [-0.05, 0) is 30.0 Å². The van der Waals surface area contributed by atoms with E-state index < -0.39 is 6.10 Å². The third-order valence-corrected chi connectivity index (χ3v) is 4.79. The van der Waals surface area contributed by atoms with Crippen molar-refractivity contribution in [3.8, 4) is 22.2 Å². The van der Waals surface area contributed by atoms with E-state index in [1.54, 1.807) is 26.3 Å². The molecule has 8 heteroatoms. The van der Waals surface area contributed by atoms with Gasteiger partial charge in [0.25, 0.3) is 5.91 Å². The summed E-state index contributed by atoms with van der Waals surface area (Å²) in [5.74, 6) is 2.01. The zero-order chi connectivity index (χ0) is 19.2. The van der Waals surface area contributed by atoms with Crippen molar-refractivity contribution < 1.29 is 18.8 Å². The molecule has 1 atom stereocenters. The van der Waals surface area contributed by atoms with Crippen LogP contribution in [0.1, 0.15) is 19.2 Å². The predicted molar refractivity (Wildman–Crippen MR) is 102 cm³/mol. The maximum absolute atomic E-state index is 12.8. The van der Waals surface area contributed by atoms with E-state index >= 15 is 0 Å². The second kappa shape index (κ2) is 8.68. The molecule has 1 aromatic carbocycles. The van der Waals surface area contributed by atoms with E-state index in [0.29, 0.717) is 29.6 Å².